The Labute approximate surface area is 172 Å². The Bertz CT molecular complexity index is 1240. The lowest BCUT2D eigenvalue weighted by Crippen LogP contribution is -2.14. The van der Waals surface area contributed by atoms with Gasteiger partial charge in [0.25, 0.3) is 0 Å². The lowest BCUT2D eigenvalue weighted by atomic mass is 10.1. The topological polar surface area (TPSA) is 37.4 Å². The molecule has 0 atom stereocenters. The van der Waals surface area contributed by atoms with E-state index in [-0.39, 0.29) is 17.1 Å². The van der Waals surface area contributed by atoms with Crippen LogP contribution in [-0.2, 0) is 13.1 Å². The van der Waals surface area contributed by atoms with Crippen LogP contribution in [0.4, 0.5) is 0 Å². The molecule has 140 valence electrons. The molecule has 2 heterocycles. The van der Waals surface area contributed by atoms with E-state index in [2.05, 4.69) is 34.6 Å². The van der Waals surface area contributed by atoms with Crippen LogP contribution < -0.4 is 0 Å². The molecular formula is C25H17NO2S. The van der Waals surface area contributed by atoms with Gasteiger partial charge in [0, 0.05) is 41.0 Å². The van der Waals surface area contributed by atoms with Crippen molar-refractivity contribution in [3.8, 4) is 0 Å². The van der Waals surface area contributed by atoms with Gasteiger partial charge in [0.1, 0.15) is 0 Å². The summed E-state index contributed by atoms with van der Waals surface area (Å²) in [7, 11) is 0. The Balaban J connectivity index is 1.21. The SMILES string of the molecule is O=C1C(=CC2=CC=C(N3Cc4cc5ccsc5cc4C3)C2)C(=O)c2ccccc21. The number of carbonyl (C=O) groups excluding carboxylic acids is 2. The van der Waals surface area contributed by atoms with Crippen LogP contribution in [0.1, 0.15) is 38.3 Å². The molecule has 0 radical (unpaired) electrons. The number of fused-ring (bicyclic) bond motifs is 3. The smallest absolute Gasteiger partial charge is 0.197 e. The molecule has 2 aromatic carbocycles. The van der Waals surface area contributed by atoms with Gasteiger partial charge in [-0.1, -0.05) is 30.3 Å². The Morgan fingerprint density at radius 2 is 1.62 bits per heavy atom. The van der Waals surface area contributed by atoms with Crippen LogP contribution in [0.15, 0.2) is 82.9 Å². The van der Waals surface area contributed by atoms with Gasteiger partial charge in [0.05, 0.1) is 5.57 Å². The first-order chi connectivity index (χ1) is 14.2. The number of allylic oxidation sites excluding steroid dienone is 5. The summed E-state index contributed by atoms with van der Waals surface area (Å²) in [5, 5.41) is 3.46. The van der Waals surface area contributed by atoms with Crippen molar-refractivity contribution in [2.75, 3.05) is 0 Å². The largest absolute Gasteiger partial charge is 0.366 e. The van der Waals surface area contributed by atoms with Crippen molar-refractivity contribution in [3.05, 3.63) is 105 Å². The van der Waals surface area contributed by atoms with E-state index in [4.69, 9.17) is 0 Å². The van der Waals surface area contributed by atoms with Crippen LogP contribution in [-0.4, -0.2) is 16.5 Å². The summed E-state index contributed by atoms with van der Waals surface area (Å²) in [6.07, 6.45) is 6.70. The Hall–Kier alpha value is -3.24. The van der Waals surface area contributed by atoms with Crippen LogP contribution in [0.5, 0.6) is 0 Å². The van der Waals surface area contributed by atoms with Crippen molar-refractivity contribution in [2.24, 2.45) is 0 Å². The molecule has 0 saturated carbocycles. The maximum atomic E-state index is 12.6. The summed E-state index contributed by atoms with van der Waals surface area (Å²) in [5.74, 6) is -0.317. The van der Waals surface area contributed by atoms with E-state index in [0.29, 0.717) is 11.1 Å². The van der Waals surface area contributed by atoms with Crippen LogP contribution in [0.3, 0.4) is 0 Å². The molecule has 0 amide bonds. The van der Waals surface area contributed by atoms with Crippen LogP contribution in [0.2, 0.25) is 0 Å². The second kappa shape index (κ2) is 6.13. The summed E-state index contributed by atoms with van der Waals surface area (Å²) >= 11 is 1.79. The van der Waals surface area contributed by atoms with Crippen molar-refractivity contribution in [3.63, 3.8) is 0 Å². The van der Waals surface area contributed by atoms with Crippen molar-refractivity contribution < 1.29 is 9.59 Å². The standard InChI is InChI=1S/C25H17NO2S/c27-24-20-3-1-2-4-21(20)25(28)22(24)10-15-5-6-19(9-15)26-13-17-11-16-7-8-29-23(16)12-18(17)14-26/h1-8,10-12H,9,13-14H2. The molecule has 6 rings (SSSR count). The average Bonchev–Trinajstić information content (AvgIpc) is 3.50. The highest BCUT2D eigenvalue weighted by molar-refractivity contribution is 7.17. The van der Waals surface area contributed by atoms with Gasteiger partial charge in [-0.05, 0) is 57.8 Å². The molecule has 1 aliphatic heterocycles. The van der Waals surface area contributed by atoms with Gasteiger partial charge in [-0.2, -0.15) is 0 Å². The first kappa shape index (κ1) is 16.7. The van der Waals surface area contributed by atoms with Crippen LogP contribution in [0, 0.1) is 0 Å². The predicted molar refractivity (Wildman–Crippen MR) is 115 cm³/mol. The molecule has 0 spiro atoms. The fourth-order valence-electron chi connectivity index (χ4n) is 4.50. The van der Waals surface area contributed by atoms with Crippen molar-refractivity contribution in [1.29, 1.82) is 0 Å². The van der Waals surface area contributed by atoms with E-state index in [1.54, 1.807) is 41.7 Å². The fourth-order valence-corrected chi connectivity index (χ4v) is 5.33. The molecule has 4 heteroatoms. The minimum absolute atomic E-state index is 0.159. The molecule has 0 fully saturated rings. The predicted octanol–water partition coefficient (Wildman–Crippen LogP) is 5.44. The van der Waals surface area contributed by atoms with Gasteiger partial charge in [0.15, 0.2) is 11.6 Å². The molecule has 0 N–H and O–H groups in total. The molecule has 3 nitrogen and oxygen atoms in total. The van der Waals surface area contributed by atoms with E-state index in [0.717, 1.165) is 25.1 Å². The number of hydrogen-bond acceptors (Lipinski definition) is 4. The molecule has 0 unspecified atom stereocenters. The minimum atomic E-state index is -0.159. The molecular weight excluding hydrogens is 378 g/mol. The Kier molecular flexibility index (Phi) is 3.53. The third kappa shape index (κ3) is 2.56. The molecule has 2 aliphatic carbocycles. The first-order valence-corrected chi connectivity index (χ1v) is 10.6. The zero-order valence-corrected chi connectivity index (χ0v) is 16.5. The summed E-state index contributed by atoms with van der Waals surface area (Å²) < 4.78 is 1.34. The lowest BCUT2D eigenvalue weighted by molar-refractivity contribution is 0.0988. The summed E-state index contributed by atoms with van der Waals surface area (Å²) in [4.78, 5) is 27.6. The highest BCUT2D eigenvalue weighted by atomic mass is 32.1. The molecule has 3 aliphatic rings. The number of carbonyl (C=O) groups is 2. The van der Waals surface area contributed by atoms with Gasteiger partial charge in [-0.25, -0.2) is 0 Å². The van der Waals surface area contributed by atoms with E-state index < -0.39 is 0 Å². The highest BCUT2D eigenvalue weighted by Crippen LogP contribution is 2.36. The second-order valence-corrected chi connectivity index (χ2v) is 8.72. The van der Waals surface area contributed by atoms with E-state index in [1.165, 1.54) is 26.9 Å². The monoisotopic (exact) mass is 395 g/mol. The maximum absolute atomic E-state index is 12.6. The molecule has 1 aromatic heterocycles. The van der Waals surface area contributed by atoms with Crippen LogP contribution in [0.25, 0.3) is 10.1 Å². The van der Waals surface area contributed by atoms with Crippen molar-refractivity contribution >= 4 is 33.0 Å². The van der Waals surface area contributed by atoms with Gasteiger partial charge >= 0.3 is 0 Å². The lowest BCUT2D eigenvalue weighted by Gasteiger charge is -2.19. The number of rotatable bonds is 2. The Morgan fingerprint density at radius 1 is 0.897 bits per heavy atom. The Morgan fingerprint density at radius 3 is 2.38 bits per heavy atom. The van der Waals surface area contributed by atoms with Crippen molar-refractivity contribution in [2.45, 2.75) is 19.5 Å². The molecule has 29 heavy (non-hydrogen) atoms. The quantitative estimate of drug-likeness (QED) is 0.428. The van der Waals surface area contributed by atoms with E-state index in [1.807, 2.05) is 6.08 Å². The van der Waals surface area contributed by atoms with E-state index in [9.17, 15) is 9.59 Å². The molecule has 0 saturated heterocycles. The van der Waals surface area contributed by atoms with Gasteiger partial charge in [0.2, 0.25) is 0 Å². The zero-order chi connectivity index (χ0) is 19.5. The number of hydrogen-bond donors (Lipinski definition) is 0. The summed E-state index contributed by atoms with van der Waals surface area (Å²) in [6, 6.07) is 13.9. The number of Topliss-reactive ketones (excluding diaryl/α,β-unsaturated/α-hetero) is 2. The van der Waals surface area contributed by atoms with Crippen molar-refractivity contribution in [1.82, 2.24) is 4.90 Å². The maximum Gasteiger partial charge on any atom is 0.197 e. The minimum Gasteiger partial charge on any atom is -0.366 e. The number of ketones is 2. The van der Waals surface area contributed by atoms with Crippen LogP contribution >= 0.6 is 11.3 Å². The molecule has 3 aromatic rings. The zero-order valence-electron chi connectivity index (χ0n) is 15.6. The van der Waals surface area contributed by atoms with E-state index >= 15 is 0 Å². The second-order valence-electron chi connectivity index (χ2n) is 7.77. The summed E-state index contributed by atoms with van der Waals surface area (Å²) in [5.41, 5.74) is 6.37. The number of benzene rings is 2. The van der Waals surface area contributed by atoms with Gasteiger partial charge in [-0.3, -0.25) is 9.59 Å². The summed E-state index contributed by atoms with van der Waals surface area (Å²) in [6.45, 7) is 1.82. The highest BCUT2D eigenvalue weighted by Gasteiger charge is 2.33. The van der Waals surface area contributed by atoms with Gasteiger partial charge < -0.3 is 4.90 Å². The average molecular weight is 395 g/mol. The fraction of sp³-hybridized carbons (Fsp3) is 0.120. The first-order valence-electron chi connectivity index (χ1n) is 9.71. The van der Waals surface area contributed by atoms with Gasteiger partial charge in [-0.15, -0.1) is 11.3 Å². The number of nitrogens with zero attached hydrogens (tertiary/aromatic N) is 1. The third-order valence-electron chi connectivity index (χ3n) is 6.01. The molecule has 0 bridgehead atoms. The third-order valence-corrected chi connectivity index (χ3v) is 6.89. The number of thiophene rings is 1. The normalized spacial score (nSPS) is 17.7.